The fraction of sp³-hybridized carbons (Fsp3) is 0.600. The highest BCUT2D eigenvalue weighted by atomic mass is 28.4. The maximum atomic E-state index is 12.9. The molecule has 6 heteroatoms. The average Bonchev–Trinajstić information content (AvgIpc) is 2.51. The van der Waals surface area contributed by atoms with Gasteiger partial charge in [0.2, 0.25) is 5.91 Å². The molecule has 1 aromatic carbocycles. The normalized spacial score (nSPS) is 22.0. The van der Waals surface area contributed by atoms with Gasteiger partial charge in [-0.15, -0.1) is 0 Å². The second kappa shape index (κ2) is 7.16. The fourth-order valence-corrected chi connectivity index (χ4v) is 4.58. The number of β-lactam (4-membered cyclic amide) rings is 1. The van der Waals surface area contributed by atoms with Crippen molar-refractivity contribution >= 4 is 25.7 Å². The fourth-order valence-electron chi connectivity index (χ4n) is 3.15. The Morgan fingerprint density at radius 1 is 1.19 bits per heavy atom. The monoisotopic (exact) mass is 377 g/mol. The van der Waals surface area contributed by atoms with Crippen LogP contribution in [0.2, 0.25) is 18.1 Å². The van der Waals surface area contributed by atoms with Gasteiger partial charge in [-0.25, -0.2) is 0 Å². The van der Waals surface area contributed by atoms with Crippen LogP contribution in [0.5, 0.6) is 5.75 Å². The lowest BCUT2D eigenvalue weighted by atomic mass is 9.80. The number of ketones is 1. The number of carbonyl (C=O) groups excluding carboxylic acids is 2. The summed E-state index contributed by atoms with van der Waals surface area (Å²) >= 11 is 0. The number of hydrogen-bond donors (Lipinski definition) is 0. The standard InChI is InChI=1S/C20H31NO4Si/c1-13(22)18-17(14(2)25-26(7,8)20(3,4)5)19(23)21(18)15-9-11-16(24-6)12-10-15/h9-12,14,17-18H,1-8H3/t14-,17+,18+/m1/s1. The van der Waals surface area contributed by atoms with Crippen molar-refractivity contribution < 1.29 is 18.8 Å². The van der Waals surface area contributed by atoms with Crippen molar-refractivity contribution in [2.45, 2.75) is 64.9 Å². The van der Waals surface area contributed by atoms with Crippen molar-refractivity contribution in [1.82, 2.24) is 0 Å². The van der Waals surface area contributed by atoms with Crippen molar-refractivity contribution in [1.29, 1.82) is 0 Å². The predicted molar refractivity (Wildman–Crippen MR) is 106 cm³/mol. The molecule has 1 saturated heterocycles. The smallest absolute Gasteiger partial charge is 0.235 e. The van der Waals surface area contributed by atoms with E-state index in [1.165, 1.54) is 0 Å². The van der Waals surface area contributed by atoms with Gasteiger partial charge in [0.05, 0.1) is 19.1 Å². The van der Waals surface area contributed by atoms with E-state index >= 15 is 0 Å². The lowest BCUT2D eigenvalue weighted by Gasteiger charge is -2.50. The molecule has 5 nitrogen and oxygen atoms in total. The van der Waals surface area contributed by atoms with Crippen LogP contribution in [0.15, 0.2) is 24.3 Å². The van der Waals surface area contributed by atoms with Gasteiger partial charge in [-0.1, -0.05) is 20.8 Å². The largest absolute Gasteiger partial charge is 0.497 e. The molecular weight excluding hydrogens is 346 g/mol. The highest BCUT2D eigenvalue weighted by molar-refractivity contribution is 6.74. The van der Waals surface area contributed by atoms with Crippen LogP contribution in [-0.4, -0.2) is 39.3 Å². The van der Waals surface area contributed by atoms with E-state index in [1.807, 2.05) is 19.1 Å². The SMILES string of the molecule is COc1ccc(N2C(=O)[C@@H]([C@@H](C)O[Si](C)(C)C(C)(C)C)[C@@H]2C(C)=O)cc1. The average molecular weight is 378 g/mol. The molecule has 0 spiro atoms. The molecule has 0 aliphatic carbocycles. The van der Waals surface area contributed by atoms with E-state index < -0.39 is 20.3 Å². The first kappa shape index (κ1) is 20.6. The minimum absolute atomic E-state index is 0.0175. The molecule has 1 aliphatic heterocycles. The van der Waals surface area contributed by atoms with Crippen molar-refractivity contribution in [3.63, 3.8) is 0 Å². The molecule has 1 amide bonds. The van der Waals surface area contributed by atoms with Crippen molar-refractivity contribution in [2.24, 2.45) is 5.92 Å². The molecular formula is C20H31NO4Si. The number of hydrogen-bond acceptors (Lipinski definition) is 4. The van der Waals surface area contributed by atoms with E-state index in [0.29, 0.717) is 11.4 Å². The molecule has 0 N–H and O–H groups in total. The Balaban J connectivity index is 2.23. The minimum atomic E-state index is -2.02. The summed E-state index contributed by atoms with van der Waals surface area (Å²) in [5.41, 5.74) is 0.715. The zero-order valence-corrected chi connectivity index (χ0v) is 18.1. The zero-order chi connectivity index (χ0) is 19.9. The maximum Gasteiger partial charge on any atom is 0.235 e. The van der Waals surface area contributed by atoms with E-state index in [0.717, 1.165) is 0 Å². The molecule has 0 aromatic heterocycles. The Kier molecular flexibility index (Phi) is 5.68. The molecule has 1 aromatic rings. The Hall–Kier alpha value is -1.66. The van der Waals surface area contributed by atoms with Gasteiger partial charge in [0, 0.05) is 5.69 Å². The third-order valence-electron chi connectivity index (χ3n) is 5.70. The number of rotatable bonds is 6. The highest BCUT2D eigenvalue weighted by Gasteiger charge is 2.54. The maximum absolute atomic E-state index is 12.9. The van der Waals surface area contributed by atoms with Crippen molar-refractivity contribution in [2.75, 3.05) is 12.0 Å². The number of ether oxygens (including phenoxy) is 1. The number of nitrogens with zero attached hydrogens (tertiary/aromatic N) is 1. The number of benzene rings is 1. The summed E-state index contributed by atoms with van der Waals surface area (Å²) in [5, 5.41) is 0.0510. The summed E-state index contributed by atoms with van der Waals surface area (Å²) in [7, 11) is -0.424. The molecule has 1 aliphatic rings. The molecule has 0 radical (unpaired) electrons. The Morgan fingerprint density at radius 2 is 1.73 bits per heavy atom. The second-order valence-electron chi connectivity index (χ2n) is 8.57. The molecule has 0 bridgehead atoms. The van der Waals surface area contributed by atoms with E-state index in [4.69, 9.17) is 9.16 Å². The molecule has 0 unspecified atom stereocenters. The lowest BCUT2D eigenvalue weighted by molar-refractivity contribution is -0.141. The summed E-state index contributed by atoms with van der Waals surface area (Å²) in [4.78, 5) is 26.8. The van der Waals surface area contributed by atoms with Gasteiger partial charge in [-0.2, -0.15) is 0 Å². The van der Waals surface area contributed by atoms with Crippen LogP contribution in [0, 0.1) is 5.92 Å². The first-order valence-electron chi connectivity index (χ1n) is 9.06. The van der Waals surface area contributed by atoms with Crippen LogP contribution in [-0.2, 0) is 14.0 Å². The van der Waals surface area contributed by atoms with Crippen LogP contribution in [0.4, 0.5) is 5.69 Å². The first-order valence-corrected chi connectivity index (χ1v) is 12.0. The van der Waals surface area contributed by atoms with Crippen LogP contribution in [0.1, 0.15) is 34.6 Å². The summed E-state index contributed by atoms with van der Waals surface area (Å²) in [5.74, 6) is 0.216. The van der Waals surface area contributed by atoms with Gasteiger partial charge in [-0.3, -0.25) is 9.59 Å². The van der Waals surface area contributed by atoms with Crippen LogP contribution in [0.25, 0.3) is 0 Å². The highest BCUT2D eigenvalue weighted by Crippen LogP contribution is 2.42. The molecule has 26 heavy (non-hydrogen) atoms. The van der Waals surface area contributed by atoms with E-state index in [-0.39, 0.29) is 22.8 Å². The van der Waals surface area contributed by atoms with Crippen LogP contribution >= 0.6 is 0 Å². The van der Waals surface area contributed by atoms with Gasteiger partial charge in [0.1, 0.15) is 11.8 Å². The van der Waals surface area contributed by atoms with E-state index in [1.54, 1.807) is 31.1 Å². The number of amides is 1. The molecule has 144 valence electrons. The van der Waals surface area contributed by atoms with E-state index in [2.05, 4.69) is 33.9 Å². The zero-order valence-electron chi connectivity index (χ0n) is 17.1. The van der Waals surface area contributed by atoms with E-state index in [9.17, 15) is 9.59 Å². The Morgan fingerprint density at radius 3 is 2.15 bits per heavy atom. The van der Waals surface area contributed by atoms with Crippen LogP contribution < -0.4 is 9.64 Å². The first-order chi connectivity index (χ1) is 11.9. The second-order valence-corrected chi connectivity index (χ2v) is 13.3. The molecule has 2 rings (SSSR count). The number of methoxy groups -OCH3 is 1. The van der Waals surface area contributed by atoms with Gasteiger partial charge in [0.25, 0.3) is 0 Å². The van der Waals surface area contributed by atoms with Crippen LogP contribution in [0.3, 0.4) is 0 Å². The number of carbonyl (C=O) groups is 2. The minimum Gasteiger partial charge on any atom is -0.497 e. The van der Waals surface area contributed by atoms with Gasteiger partial charge in [0.15, 0.2) is 14.1 Å². The molecule has 3 atom stereocenters. The van der Waals surface area contributed by atoms with Crippen molar-refractivity contribution in [3.05, 3.63) is 24.3 Å². The Bertz CT molecular complexity index is 678. The van der Waals surface area contributed by atoms with Crippen molar-refractivity contribution in [3.8, 4) is 5.75 Å². The molecule has 1 fully saturated rings. The third kappa shape index (κ3) is 3.71. The van der Waals surface area contributed by atoms with Gasteiger partial charge >= 0.3 is 0 Å². The lowest BCUT2D eigenvalue weighted by Crippen LogP contribution is -2.68. The Labute approximate surface area is 157 Å². The number of Topliss-reactive ketones (excluding diaryl/α,β-unsaturated/α-hetero) is 1. The third-order valence-corrected chi connectivity index (χ3v) is 10.3. The summed E-state index contributed by atoms with van der Waals surface area (Å²) in [6.07, 6.45) is -0.285. The predicted octanol–water partition coefficient (Wildman–Crippen LogP) is 4.03. The molecule has 1 heterocycles. The summed E-state index contributed by atoms with van der Waals surface area (Å²) < 4.78 is 11.6. The summed E-state index contributed by atoms with van der Waals surface area (Å²) in [6.45, 7) is 14.3. The molecule has 0 saturated carbocycles. The number of anilines is 1. The quantitative estimate of drug-likeness (QED) is 0.555. The van der Waals surface area contributed by atoms with Gasteiger partial charge in [-0.05, 0) is 56.2 Å². The summed E-state index contributed by atoms with van der Waals surface area (Å²) in [6, 6.07) is 6.73. The topological polar surface area (TPSA) is 55.8 Å². The van der Waals surface area contributed by atoms with Gasteiger partial charge < -0.3 is 14.1 Å².